The standard InChI is InChI=1S/C14H15NO3S/c16-14(17)15-6-1-2-11(15)9-18-12-3-4-13-10(8-12)5-7-19-13/h3-5,7-8,11H,1-2,6,9H2,(H,16,17). The van der Waals surface area contributed by atoms with Gasteiger partial charge < -0.3 is 14.7 Å². The predicted octanol–water partition coefficient (Wildman–Crippen LogP) is 3.42. The number of thiophene rings is 1. The molecule has 0 aliphatic carbocycles. The minimum absolute atomic E-state index is 0.0179. The largest absolute Gasteiger partial charge is 0.491 e. The van der Waals surface area contributed by atoms with E-state index in [1.165, 1.54) is 15.0 Å². The highest BCUT2D eigenvalue weighted by Gasteiger charge is 2.28. The molecule has 1 saturated heterocycles. The number of hydrogen-bond donors (Lipinski definition) is 1. The lowest BCUT2D eigenvalue weighted by Gasteiger charge is -2.21. The van der Waals surface area contributed by atoms with Crippen LogP contribution in [0.4, 0.5) is 4.79 Å². The topological polar surface area (TPSA) is 49.8 Å². The first-order chi connectivity index (χ1) is 9.24. The molecule has 1 atom stereocenters. The van der Waals surface area contributed by atoms with Gasteiger partial charge in [-0.05, 0) is 47.9 Å². The highest BCUT2D eigenvalue weighted by atomic mass is 32.1. The van der Waals surface area contributed by atoms with Gasteiger partial charge >= 0.3 is 6.09 Å². The van der Waals surface area contributed by atoms with Gasteiger partial charge in [-0.2, -0.15) is 0 Å². The van der Waals surface area contributed by atoms with Gasteiger partial charge in [0, 0.05) is 11.2 Å². The van der Waals surface area contributed by atoms with E-state index in [0.717, 1.165) is 18.6 Å². The molecule has 100 valence electrons. The van der Waals surface area contributed by atoms with E-state index in [1.807, 2.05) is 18.2 Å². The van der Waals surface area contributed by atoms with Gasteiger partial charge in [0.15, 0.2) is 0 Å². The Labute approximate surface area is 115 Å². The molecule has 1 aliphatic heterocycles. The molecule has 1 N–H and O–H groups in total. The second-order valence-electron chi connectivity index (χ2n) is 4.70. The van der Waals surface area contributed by atoms with Crippen LogP contribution in [0, 0.1) is 0 Å². The Morgan fingerprint density at radius 3 is 3.21 bits per heavy atom. The number of rotatable bonds is 3. The van der Waals surface area contributed by atoms with Gasteiger partial charge in [0.2, 0.25) is 0 Å². The second-order valence-corrected chi connectivity index (χ2v) is 5.65. The first-order valence-corrected chi connectivity index (χ1v) is 7.21. The molecular weight excluding hydrogens is 262 g/mol. The zero-order valence-corrected chi connectivity index (χ0v) is 11.2. The van der Waals surface area contributed by atoms with Crippen LogP contribution < -0.4 is 4.74 Å². The quantitative estimate of drug-likeness (QED) is 0.935. The van der Waals surface area contributed by atoms with E-state index in [2.05, 4.69) is 11.4 Å². The first-order valence-electron chi connectivity index (χ1n) is 6.33. The molecule has 1 aromatic carbocycles. The average Bonchev–Trinajstić information content (AvgIpc) is 3.04. The van der Waals surface area contributed by atoms with E-state index in [9.17, 15) is 4.79 Å². The van der Waals surface area contributed by atoms with Crippen LogP contribution in [0.3, 0.4) is 0 Å². The van der Waals surface area contributed by atoms with Crippen LogP contribution in [0.1, 0.15) is 12.8 Å². The second kappa shape index (κ2) is 5.09. The molecule has 1 aromatic heterocycles. The maximum atomic E-state index is 11.0. The molecule has 5 heteroatoms. The third-order valence-corrected chi connectivity index (χ3v) is 4.39. The normalized spacial score (nSPS) is 18.9. The van der Waals surface area contributed by atoms with Gasteiger partial charge in [0.1, 0.15) is 12.4 Å². The molecule has 3 rings (SSSR count). The monoisotopic (exact) mass is 277 g/mol. The van der Waals surface area contributed by atoms with E-state index >= 15 is 0 Å². The van der Waals surface area contributed by atoms with Crippen LogP contribution in [-0.4, -0.2) is 35.3 Å². The van der Waals surface area contributed by atoms with Gasteiger partial charge in [-0.15, -0.1) is 11.3 Å². The number of carboxylic acid groups (broad SMARTS) is 1. The maximum absolute atomic E-state index is 11.0. The van der Waals surface area contributed by atoms with Gasteiger partial charge in [-0.25, -0.2) is 4.79 Å². The minimum Gasteiger partial charge on any atom is -0.491 e. The molecule has 1 amide bonds. The smallest absolute Gasteiger partial charge is 0.407 e. The zero-order chi connectivity index (χ0) is 13.2. The Kier molecular flexibility index (Phi) is 3.29. The molecule has 0 radical (unpaired) electrons. The number of amides is 1. The fourth-order valence-corrected chi connectivity index (χ4v) is 3.26. The molecule has 1 unspecified atom stereocenters. The molecule has 1 fully saturated rings. The maximum Gasteiger partial charge on any atom is 0.407 e. The third kappa shape index (κ3) is 2.51. The molecule has 19 heavy (non-hydrogen) atoms. The summed E-state index contributed by atoms with van der Waals surface area (Å²) < 4.78 is 6.98. The number of ether oxygens (including phenoxy) is 1. The molecule has 4 nitrogen and oxygen atoms in total. The van der Waals surface area contributed by atoms with E-state index in [1.54, 1.807) is 11.3 Å². The molecule has 0 saturated carbocycles. The van der Waals surface area contributed by atoms with Gasteiger partial charge in [0.05, 0.1) is 6.04 Å². The van der Waals surface area contributed by atoms with Crippen LogP contribution in [-0.2, 0) is 0 Å². The van der Waals surface area contributed by atoms with Crippen LogP contribution >= 0.6 is 11.3 Å². The van der Waals surface area contributed by atoms with Crippen molar-refractivity contribution in [1.29, 1.82) is 0 Å². The fourth-order valence-electron chi connectivity index (χ4n) is 2.49. The van der Waals surface area contributed by atoms with Crippen molar-refractivity contribution < 1.29 is 14.6 Å². The predicted molar refractivity (Wildman–Crippen MR) is 75.1 cm³/mol. The van der Waals surface area contributed by atoms with Gasteiger partial charge in [0.25, 0.3) is 0 Å². The van der Waals surface area contributed by atoms with Gasteiger partial charge in [-0.3, -0.25) is 0 Å². The van der Waals surface area contributed by atoms with Crippen LogP contribution in [0.25, 0.3) is 10.1 Å². The Bertz CT molecular complexity index is 595. The number of fused-ring (bicyclic) bond motifs is 1. The summed E-state index contributed by atoms with van der Waals surface area (Å²) in [5.41, 5.74) is 0. The highest BCUT2D eigenvalue weighted by molar-refractivity contribution is 7.17. The van der Waals surface area contributed by atoms with Crippen molar-refractivity contribution in [1.82, 2.24) is 4.90 Å². The van der Waals surface area contributed by atoms with E-state index in [-0.39, 0.29) is 6.04 Å². The summed E-state index contributed by atoms with van der Waals surface area (Å²) in [6.45, 7) is 1.05. The average molecular weight is 277 g/mol. The highest BCUT2D eigenvalue weighted by Crippen LogP contribution is 2.26. The fraction of sp³-hybridized carbons (Fsp3) is 0.357. The summed E-state index contributed by atoms with van der Waals surface area (Å²) in [5, 5.41) is 12.3. The summed E-state index contributed by atoms with van der Waals surface area (Å²) in [7, 11) is 0. The Hall–Kier alpha value is -1.75. The Morgan fingerprint density at radius 2 is 2.37 bits per heavy atom. The van der Waals surface area contributed by atoms with Crippen LogP contribution in [0.5, 0.6) is 5.75 Å². The molecule has 2 aromatic rings. The van der Waals surface area contributed by atoms with Crippen molar-refractivity contribution in [2.75, 3.05) is 13.2 Å². The van der Waals surface area contributed by atoms with Crippen molar-refractivity contribution in [3.8, 4) is 5.75 Å². The van der Waals surface area contributed by atoms with E-state index in [4.69, 9.17) is 9.84 Å². The summed E-state index contributed by atoms with van der Waals surface area (Å²) in [5.74, 6) is 0.808. The molecule has 0 bridgehead atoms. The lowest BCUT2D eigenvalue weighted by molar-refractivity contribution is 0.123. The molecule has 2 heterocycles. The Balaban J connectivity index is 1.66. The lowest BCUT2D eigenvalue weighted by atomic mass is 10.2. The van der Waals surface area contributed by atoms with Crippen molar-refractivity contribution in [2.24, 2.45) is 0 Å². The lowest BCUT2D eigenvalue weighted by Crippen LogP contribution is -2.37. The summed E-state index contributed by atoms with van der Waals surface area (Å²) >= 11 is 1.70. The number of hydrogen-bond acceptors (Lipinski definition) is 3. The van der Waals surface area contributed by atoms with Crippen molar-refractivity contribution in [2.45, 2.75) is 18.9 Å². The summed E-state index contributed by atoms with van der Waals surface area (Å²) in [4.78, 5) is 12.5. The number of nitrogens with zero attached hydrogens (tertiary/aromatic N) is 1. The zero-order valence-electron chi connectivity index (χ0n) is 10.4. The number of carbonyl (C=O) groups is 1. The SMILES string of the molecule is O=C(O)N1CCCC1COc1ccc2sccc2c1. The number of benzene rings is 1. The van der Waals surface area contributed by atoms with E-state index in [0.29, 0.717) is 13.2 Å². The van der Waals surface area contributed by atoms with Crippen molar-refractivity contribution in [3.63, 3.8) is 0 Å². The van der Waals surface area contributed by atoms with Crippen LogP contribution in [0.2, 0.25) is 0 Å². The number of likely N-dealkylation sites (tertiary alicyclic amines) is 1. The van der Waals surface area contributed by atoms with Crippen LogP contribution in [0.15, 0.2) is 29.6 Å². The van der Waals surface area contributed by atoms with Crippen molar-refractivity contribution >= 4 is 27.5 Å². The first kappa shape index (κ1) is 12.3. The van der Waals surface area contributed by atoms with Gasteiger partial charge in [-0.1, -0.05) is 0 Å². The summed E-state index contributed by atoms with van der Waals surface area (Å²) in [6.07, 6.45) is 0.955. The Morgan fingerprint density at radius 1 is 1.47 bits per heavy atom. The van der Waals surface area contributed by atoms with Crippen molar-refractivity contribution in [3.05, 3.63) is 29.6 Å². The minimum atomic E-state index is -0.848. The molecular formula is C14H15NO3S. The molecule has 1 aliphatic rings. The summed E-state index contributed by atoms with van der Waals surface area (Å²) in [6, 6.07) is 8.03. The molecule has 0 spiro atoms. The van der Waals surface area contributed by atoms with E-state index < -0.39 is 6.09 Å². The third-order valence-electron chi connectivity index (χ3n) is 3.49.